The van der Waals surface area contributed by atoms with E-state index in [0.717, 1.165) is 11.4 Å². The first-order valence-corrected chi connectivity index (χ1v) is 9.62. The van der Waals surface area contributed by atoms with E-state index in [1.165, 1.54) is 17.0 Å². The number of halogens is 1. The van der Waals surface area contributed by atoms with Crippen LogP contribution in [0.3, 0.4) is 0 Å². The van der Waals surface area contributed by atoms with E-state index in [-0.39, 0.29) is 18.4 Å². The molecule has 30 heavy (non-hydrogen) atoms. The molecular formula is C23H21FN4O2. The Labute approximate surface area is 173 Å². The van der Waals surface area contributed by atoms with Crippen LogP contribution >= 0.6 is 0 Å². The number of nitrogens with one attached hydrogen (secondary N) is 3. The molecule has 1 atom stereocenters. The number of hydrogen-bond donors (Lipinski definition) is 3. The Morgan fingerprint density at radius 3 is 2.33 bits per heavy atom. The van der Waals surface area contributed by atoms with Crippen molar-refractivity contribution in [2.75, 3.05) is 22.1 Å². The fourth-order valence-electron chi connectivity index (χ4n) is 3.38. The van der Waals surface area contributed by atoms with Gasteiger partial charge in [0.15, 0.2) is 0 Å². The monoisotopic (exact) mass is 404 g/mol. The third-order valence-corrected chi connectivity index (χ3v) is 4.79. The van der Waals surface area contributed by atoms with Crippen molar-refractivity contribution in [3.63, 3.8) is 0 Å². The predicted octanol–water partition coefficient (Wildman–Crippen LogP) is 4.50. The highest BCUT2D eigenvalue weighted by Gasteiger charge is 2.31. The molecule has 1 aliphatic rings. The summed E-state index contributed by atoms with van der Waals surface area (Å²) < 4.78 is 13.4. The zero-order chi connectivity index (χ0) is 20.9. The van der Waals surface area contributed by atoms with Crippen LogP contribution < -0.4 is 20.9 Å². The Balaban J connectivity index is 1.31. The molecule has 4 rings (SSSR count). The lowest BCUT2D eigenvalue weighted by atomic mass is 10.2. The van der Waals surface area contributed by atoms with E-state index in [2.05, 4.69) is 16.0 Å². The number of carbonyl (C=O) groups excluding carboxylic acids is 2. The highest BCUT2D eigenvalue weighted by Crippen LogP contribution is 2.23. The van der Waals surface area contributed by atoms with Crippen molar-refractivity contribution in [3.8, 4) is 0 Å². The molecule has 7 heteroatoms. The molecule has 152 valence electrons. The number of benzene rings is 3. The number of nitrogens with zero attached hydrogens (tertiary/aromatic N) is 1. The zero-order valence-electron chi connectivity index (χ0n) is 16.1. The number of amides is 3. The van der Waals surface area contributed by atoms with Gasteiger partial charge in [0, 0.05) is 35.7 Å². The van der Waals surface area contributed by atoms with E-state index >= 15 is 0 Å². The van der Waals surface area contributed by atoms with Crippen molar-refractivity contribution in [3.05, 3.63) is 84.7 Å². The summed E-state index contributed by atoms with van der Waals surface area (Å²) in [5.41, 5.74) is 3.01. The van der Waals surface area contributed by atoms with Crippen LogP contribution in [0.25, 0.3) is 0 Å². The van der Waals surface area contributed by atoms with E-state index in [9.17, 15) is 14.0 Å². The molecule has 0 aliphatic carbocycles. The summed E-state index contributed by atoms with van der Waals surface area (Å²) in [5.74, 6) is -0.554. The second kappa shape index (κ2) is 8.65. The van der Waals surface area contributed by atoms with E-state index in [4.69, 9.17) is 0 Å². The van der Waals surface area contributed by atoms with Gasteiger partial charge in [0.2, 0.25) is 5.91 Å². The molecule has 3 N–H and O–H groups in total. The lowest BCUT2D eigenvalue weighted by Gasteiger charge is -2.17. The Morgan fingerprint density at radius 2 is 1.60 bits per heavy atom. The zero-order valence-corrected chi connectivity index (χ0v) is 16.1. The Bertz CT molecular complexity index is 1040. The molecule has 3 amide bonds. The van der Waals surface area contributed by atoms with Gasteiger partial charge in [-0.05, 0) is 54.6 Å². The van der Waals surface area contributed by atoms with Crippen LogP contribution in [-0.4, -0.2) is 24.5 Å². The highest BCUT2D eigenvalue weighted by molar-refractivity contribution is 5.97. The van der Waals surface area contributed by atoms with Crippen molar-refractivity contribution in [1.82, 2.24) is 5.32 Å². The van der Waals surface area contributed by atoms with Gasteiger partial charge in [-0.3, -0.25) is 4.79 Å². The number of para-hydroxylation sites is 1. The quantitative estimate of drug-likeness (QED) is 0.586. The van der Waals surface area contributed by atoms with Gasteiger partial charge in [-0.15, -0.1) is 0 Å². The van der Waals surface area contributed by atoms with Gasteiger partial charge in [0.1, 0.15) is 5.82 Å². The fourth-order valence-corrected chi connectivity index (χ4v) is 3.38. The lowest BCUT2D eigenvalue weighted by Crippen LogP contribution is -2.39. The second-order valence-electron chi connectivity index (χ2n) is 7.05. The molecule has 1 fully saturated rings. The molecular weight excluding hydrogens is 383 g/mol. The first kappa shape index (κ1) is 19.4. The van der Waals surface area contributed by atoms with Gasteiger partial charge in [0.05, 0.1) is 6.04 Å². The van der Waals surface area contributed by atoms with Gasteiger partial charge < -0.3 is 20.9 Å². The Kier molecular flexibility index (Phi) is 5.61. The number of rotatable bonds is 5. The first-order chi connectivity index (χ1) is 14.6. The van der Waals surface area contributed by atoms with Crippen molar-refractivity contribution in [2.24, 2.45) is 0 Å². The smallest absolute Gasteiger partial charge is 0.319 e. The SMILES string of the molecule is O=C(Nc1ccc(Nc2ccccc2)cc1)N[C@H]1CC(=O)N(c2cccc(F)c2)C1. The van der Waals surface area contributed by atoms with Gasteiger partial charge in [-0.25, -0.2) is 9.18 Å². The van der Waals surface area contributed by atoms with E-state index < -0.39 is 11.8 Å². The average molecular weight is 404 g/mol. The van der Waals surface area contributed by atoms with Gasteiger partial charge in [0.25, 0.3) is 0 Å². The summed E-state index contributed by atoms with van der Waals surface area (Å²) in [6.45, 7) is 0.301. The molecule has 0 spiro atoms. The van der Waals surface area contributed by atoms with Crippen molar-refractivity contribution in [1.29, 1.82) is 0 Å². The number of hydrogen-bond acceptors (Lipinski definition) is 3. The third-order valence-electron chi connectivity index (χ3n) is 4.79. The topological polar surface area (TPSA) is 73.5 Å². The molecule has 1 aliphatic heterocycles. The number of anilines is 4. The van der Waals surface area contributed by atoms with E-state index in [1.807, 2.05) is 42.5 Å². The standard InChI is InChI=1S/C23H21FN4O2/c24-16-5-4-8-21(13-16)28-15-20(14-22(28)29)27-23(30)26-19-11-9-18(10-12-19)25-17-6-2-1-3-7-17/h1-13,20,25H,14-15H2,(H2,26,27,30)/t20-/m0/s1. The maximum atomic E-state index is 13.4. The minimum atomic E-state index is -0.403. The molecule has 6 nitrogen and oxygen atoms in total. The van der Waals surface area contributed by atoms with Crippen LogP contribution in [0, 0.1) is 5.82 Å². The van der Waals surface area contributed by atoms with Crippen LogP contribution in [0.1, 0.15) is 6.42 Å². The third kappa shape index (κ3) is 4.75. The summed E-state index contributed by atoms with van der Waals surface area (Å²) >= 11 is 0. The fraction of sp³-hybridized carbons (Fsp3) is 0.130. The van der Waals surface area contributed by atoms with Crippen molar-refractivity contribution in [2.45, 2.75) is 12.5 Å². The second-order valence-corrected chi connectivity index (χ2v) is 7.05. The summed E-state index contributed by atoms with van der Waals surface area (Å²) in [6.07, 6.45) is 0.171. The summed E-state index contributed by atoms with van der Waals surface area (Å²) in [5, 5.41) is 8.85. The maximum absolute atomic E-state index is 13.4. The summed E-state index contributed by atoms with van der Waals surface area (Å²) in [4.78, 5) is 26.1. The summed E-state index contributed by atoms with van der Waals surface area (Å²) in [7, 11) is 0. The molecule has 3 aromatic rings. The van der Waals surface area contributed by atoms with E-state index in [0.29, 0.717) is 17.9 Å². The Hall–Kier alpha value is -3.87. The molecule has 0 bridgehead atoms. The van der Waals surface area contributed by atoms with Gasteiger partial charge >= 0.3 is 6.03 Å². The minimum absolute atomic E-state index is 0.151. The predicted molar refractivity (Wildman–Crippen MR) is 115 cm³/mol. The molecule has 3 aromatic carbocycles. The van der Waals surface area contributed by atoms with E-state index in [1.54, 1.807) is 24.3 Å². The van der Waals surface area contributed by atoms with Gasteiger partial charge in [-0.2, -0.15) is 0 Å². The molecule has 0 unspecified atom stereocenters. The molecule has 1 heterocycles. The van der Waals surface area contributed by atoms with Crippen molar-refractivity contribution >= 4 is 34.7 Å². The van der Waals surface area contributed by atoms with Crippen LogP contribution in [0.5, 0.6) is 0 Å². The molecule has 1 saturated heterocycles. The largest absolute Gasteiger partial charge is 0.356 e. The minimum Gasteiger partial charge on any atom is -0.356 e. The Morgan fingerprint density at radius 1 is 0.900 bits per heavy atom. The van der Waals surface area contributed by atoms with Crippen LogP contribution in [0.15, 0.2) is 78.9 Å². The molecule has 0 saturated carbocycles. The normalized spacial score (nSPS) is 15.7. The summed E-state index contributed by atoms with van der Waals surface area (Å²) in [6, 6.07) is 22.2. The molecule has 0 radical (unpaired) electrons. The van der Waals surface area contributed by atoms with Crippen LogP contribution in [0.2, 0.25) is 0 Å². The maximum Gasteiger partial charge on any atom is 0.319 e. The number of carbonyl (C=O) groups is 2. The van der Waals surface area contributed by atoms with Crippen LogP contribution in [0.4, 0.5) is 31.9 Å². The van der Waals surface area contributed by atoms with Crippen LogP contribution in [-0.2, 0) is 4.79 Å². The lowest BCUT2D eigenvalue weighted by molar-refractivity contribution is -0.117. The molecule has 0 aromatic heterocycles. The first-order valence-electron chi connectivity index (χ1n) is 9.62. The average Bonchev–Trinajstić information content (AvgIpc) is 3.10. The van der Waals surface area contributed by atoms with Crippen molar-refractivity contribution < 1.29 is 14.0 Å². The number of urea groups is 1. The van der Waals surface area contributed by atoms with Gasteiger partial charge in [-0.1, -0.05) is 24.3 Å². The highest BCUT2D eigenvalue weighted by atomic mass is 19.1.